The van der Waals surface area contributed by atoms with Crippen LogP contribution in [0.5, 0.6) is 5.75 Å². The van der Waals surface area contributed by atoms with Crippen LogP contribution < -0.4 is 10.1 Å². The smallest absolute Gasteiger partial charge is 0.119 e. The zero-order chi connectivity index (χ0) is 19.1. The summed E-state index contributed by atoms with van der Waals surface area (Å²) in [7, 11) is 1.74. The molecule has 0 heterocycles. The molecule has 2 aliphatic carbocycles. The van der Waals surface area contributed by atoms with Crippen LogP contribution in [0.25, 0.3) is 11.1 Å². The molecule has 0 spiro atoms. The Balaban J connectivity index is 0.00000205. The first-order valence-electron chi connectivity index (χ1n) is 10.00. The molecule has 2 nitrogen and oxygen atoms in total. The Hall–Kier alpha value is -2.00. The third kappa shape index (κ3) is 4.16. The fourth-order valence-corrected chi connectivity index (χ4v) is 4.58. The summed E-state index contributed by atoms with van der Waals surface area (Å²) in [4.78, 5) is 0. The molecule has 29 heavy (non-hydrogen) atoms. The number of fused-ring (bicyclic) bond motifs is 1. The summed E-state index contributed by atoms with van der Waals surface area (Å²) in [5.41, 5.74) is 6.75. The highest BCUT2D eigenvalue weighted by molar-refractivity contribution is 6.30. The van der Waals surface area contributed by atoms with Crippen LogP contribution in [0.15, 0.2) is 66.7 Å². The van der Waals surface area contributed by atoms with E-state index in [9.17, 15) is 0 Å². The topological polar surface area (TPSA) is 21.3 Å². The van der Waals surface area contributed by atoms with Crippen molar-refractivity contribution in [3.63, 3.8) is 0 Å². The van der Waals surface area contributed by atoms with Gasteiger partial charge in [0.2, 0.25) is 0 Å². The van der Waals surface area contributed by atoms with E-state index >= 15 is 0 Å². The first-order valence-corrected chi connectivity index (χ1v) is 10.4. The van der Waals surface area contributed by atoms with Gasteiger partial charge in [0.25, 0.3) is 0 Å². The van der Waals surface area contributed by atoms with E-state index in [-0.39, 0.29) is 12.4 Å². The van der Waals surface area contributed by atoms with Crippen molar-refractivity contribution >= 4 is 24.0 Å². The molecule has 4 heteroatoms. The summed E-state index contributed by atoms with van der Waals surface area (Å²) in [6.45, 7) is 0. The zero-order valence-electron chi connectivity index (χ0n) is 16.4. The van der Waals surface area contributed by atoms with Crippen molar-refractivity contribution in [1.82, 2.24) is 5.32 Å². The lowest BCUT2D eigenvalue weighted by Crippen LogP contribution is -2.22. The molecular formula is C25H25Cl2NO. The Labute approximate surface area is 183 Å². The van der Waals surface area contributed by atoms with Crippen LogP contribution in [0.2, 0.25) is 5.02 Å². The number of hydrogen-bond donors (Lipinski definition) is 1. The van der Waals surface area contributed by atoms with E-state index in [1.807, 2.05) is 12.1 Å². The highest BCUT2D eigenvalue weighted by Gasteiger charge is 2.40. The molecule has 150 valence electrons. The van der Waals surface area contributed by atoms with Crippen molar-refractivity contribution in [2.45, 2.75) is 37.3 Å². The van der Waals surface area contributed by atoms with E-state index in [4.69, 9.17) is 16.3 Å². The summed E-state index contributed by atoms with van der Waals surface area (Å²) in [6.07, 6.45) is 3.56. The first-order chi connectivity index (χ1) is 13.7. The van der Waals surface area contributed by atoms with E-state index in [2.05, 4.69) is 59.9 Å². The summed E-state index contributed by atoms with van der Waals surface area (Å²) < 4.78 is 5.42. The summed E-state index contributed by atoms with van der Waals surface area (Å²) in [6, 6.07) is 24.6. The first kappa shape index (κ1) is 20.3. The SMILES string of the molecule is COc1ccc2c(c1)C(N[C@@H]1C[C@H]1c1ccc(-c3ccc(Cl)cc3)cc1)CC2.Cl. The second-order valence-electron chi connectivity index (χ2n) is 7.90. The van der Waals surface area contributed by atoms with E-state index in [0.717, 1.165) is 17.2 Å². The lowest BCUT2D eigenvalue weighted by atomic mass is 10.0. The highest BCUT2D eigenvalue weighted by Crippen LogP contribution is 2.44. The maximum atomic E-state index is 5.99. The predicted octanol–water partition coefficient (Wildman–Crippen LogP) is 6.57. The molecular weight excluding hydrogens is 401 g/mol. The van der Waals surface area contributed by atoms with Gasteiger partial charge in [-0.15, -0.1) is 12.4 Å². The monoisotopic (exact) mass is 425 g/mol. The van der Waals surface area contributed by atoms with Crippen molar-refractivity contribution < 1.29 is 4.74 Å². The van der Waals surface area contributed by atoms with Gasteiger partial charge in [-0.25, -0.2) is 0 Å². The van der Waals surface area contributed by atoms with Gasteiger partial charge in [0, 0.05) is 23.0 Å². The van der Waals surface area contributed by atoms with E-state index in [0.29, 0.717) is 18.0 Å². The predicted molar refractivity (Wildman–Crippen MR) is 122 cm³/mol. The largest absolute Gasteiger partial charge is 0.497 e. The molecule has 0 radical (unpaired) electrons. The molecule has 1 unspecified atom stereocenters. The van der Waals surface area contributed by atoms with Gasteiger partial charge in [-0.3, -0.25) is 0 Å². The van der Waals surface area contributed by atoms with Gasteiger partial charge in [-0.05, 0) is 71.3 Å². The average molecular weight is 426 g/mol. The van der Waals surface area contributed by atoms with Crippen LogP contribution in [-0.4, -0.2) is 13.2 Å². The Morgan fingerprint density at radius 3 is 2.31 bits per heavy atom. The van der Waals surface area contributed by atoms with Crippen LogP contribution in [0.3, 0.4) is 0 Å². The molecule has 0 aromatic heterocycles. The number of methoxy groups -OCH3 is 1. The molecule has 1 saturated carbocycles. The van der Waals surface area contributed by atoms with Crippen LogP contribution in [0.1, 0.15) is 41.5 Å². The van der Waals surface area contributed by atoms with E-state index in [1.54, 1.807) is 7.11 Å². The number of aryl methyl sites for hydroxylation is 1. The molecule has 3 aromatic rings. The Morgan fingerprint density at radius 1 is 0.931 bits per heavy atom. The van der Waals surface area contributed by atoms with Crippen molar-refractivity contribution in [1.29, 1.82) is 0 Å². The maximum Gasteiger partial charge on any atom is 0.119 e. The second kappa shape index (κ2) is 8.39. The minimum Gasteiger partial charge on any atom is -0.497 e. The minimum atomic E-state index is 0. The number of ether oxygens (including phenoxy) is 1. The van der Waals surface area contributed by atoms with E-state index < -0.39 is 0 Å². The highest BCUT2D eigenvalue weighted by atomic mass is 35.5. The summed E-state index contributed by atoms with van der Waals surface area (Å²) >= 11 is 5.99. The van der Waals surface area contributed by atoms with Gasteiger partial charge in [0.1, 0.15) is 5.75 Å². The Bertz CT molecular complexity index is 985. The minimum absolute atomic E-state index is 0. The maximum absolute atomic E-state index is 5.99. The Kier molecular flexibility index (Phi) is 5.87. The third-order valence-corrected chi connectivity index (χ3v) is 6.40. The van der Waals surface area contributed by atoms with Crippen LogP contribution >= 0.6 is 24.0 Å². The van der Waals surface area contributed by atoms with Gasteiger partial charge in [-0.1, -0.05) is 54.1 Å². The third-order valence-electron chi connectivity index (χ3n) is 6.15. The number of nitrogens with one attached hydrogen (secondary N) is 1. The molecule has 3 aromatic carbocycles. The number of hydrogen-bond acceptors (Lipinski definition) is 2. The fourth-order valence-electron chi connectivity index (χ4n) is 4.45. The van der Waals surface area contributed by atoms with Gasteiger partial charge >= 0.3 is 0 Å². The molecule has 0 aliphatic heterocycles. The second-order valence-corrected chi connectivity index (χ2v) is 8.34. The lowest BCUT2D eigenvalue weighted by molar-refractivity contribution is 0.413. The number of halogens is 2. The molecule has 5 rings (SSSR count). The van der Waals surface area contributed by atoms with Crippen LogP contribution in [-0.2, 0) is 6.42 Å². The molecule has 2 aliphatic rings. The summed E-state index contributed by atoms with van der Waals surface area (Å²) in [5.74, 6) is 1.58. The fraction of sp³-hybridized carbons (Fsp3) is 0.280. The van der Waals surface area contributed by atoms with E-state index in [1.165, 1.54) is 40.7 Å². The van der Waals surface area contributed by atoms with Crippen molar-refractivity contribution in [2.75, 3.05) is 7.11 Å². The average Bonchev–Trinajstić information content (AvgIpc) is 3.40. The van der Waals surface area contributed by atoms with Crippen molar-refractivity contribution in [3.05, 3.63) is 88.4 Å². The van der Waals surface area contributed by atoms with Crippen LogP contribution in [0.4, 0.5) is 0 Å². The van der Waals surface area contributed by atoms with Gasteiger partial charge in [-0.2, -0.15) is 0 Å². The van der Waals surface area contributed by atoms with Gasteiger partial charge < -0.3 is 10.1 Å². The summed E-state index contributed by atoms with van der Waals surface area (Å²) in [5, 5.41) is 4.67. The Morgan fingerprint density at radius 2 is 1.62 bits per heavy atom. The van der Waals surface area contributed by atoms with Gasteiger partial charge in [0.15, 0.2) is 0 Å². The molecule has 0 amide bonds. The van der Waals surface area contributed by atoms with Crippen molar-refractivity contribution in [2.24, 2.45) is 0 Å². The number of rotatable bonds is 5. The normalized spacial score (nSPS) is 21.9. The molecule has 0 saturated heterocycles. The standard InChI is InChI=1S/C25H24ClNO.ClH/c1-28-21-12-8-19-9-13-24(22(19)14-21)27-25-15-23(25)18-4-2-16(3-5-18)17-6-10-20(26)11-7-17;/h2-8,10-12,14,23-25,27H,9,13,15H2,1H3;1H/t23-,24?,25+;/m0./s1. The van der Waals surface area contributed by atoms with Crippen LogP contribution in [0, 0.1) is 0 Å². The molecule has 1 N–H and O–H groups in total. The zero-order valence-corrected chi connectivity index (χ0v) is 18.0. The van der Waals surface area contributed by atoms with Crippen molar-refractivity contribution in [3.8, 4) is 16.9 Å². The van der Waals surface area contributed by atoms with Gasteiger partial charge in [0.05, 0.1) is 7.11 Å². The lowest BCUT2D eigenvalue weighted by Gasteiger charge is -2.15. The quantitative estimate of drug-likeness (QED) is 0.498. The number of benzene rings is 3. The molecule has 1 fully saturated rings. The molecule has 3 atom stereocenters. The molecule has 0 bridgehead atoms.